The monoisotopic (exact) mass is 266 g/mol. The van der Waals surface area contributed by atoms with Crippen molar-refractivity contribution in [1.82, 2.24) is 0 Å². The molecule has 1 aromatic carbocycles. The van der Waals surface area contributed by atoms with Gasteiger partial charge in [-0.25, -0.2) is 0 Å². The van der Waals surface area contributed by atoms with Crippen molar-refractivity contribution in [3.05, 3.63) is 34.4 Å². The van der Waals surface area contributed by atoms with E-state index in [-0.39, 0.29) is 29.7 Å². The Morgan fingerprint density at radius 3 is 2.84 bits per heavy atom. The van der Waals surface area contributed by atoms with Crippen molar-refractivity contribution < 1.29 is 14.4 Å². The highest BCUT2D eigenvalue weighted by atomic mass is 16.6. The number of hydrogen-bond acceptors (Lipinski definition) is 5. The molecule has 104 valence electrons. The van der Waals surface area contributed by atoms with Crippen LogP contribution in [0.25, 0.3) is 0 Å². The maximum Gasteiger partial charge on any atom is 0.310 e. The van der Waals surface area contributed by atoms with Gasteiger partial charge in [-0.1, -0.05) is 19.1 Å². The summed E-state index contributed by atoms with van der Waals surface area (Å²) in [6.07, 6.45) is 1.17. The predicted octanol–water partition coefficient (Wildman–Crippen LogP) is 1.87. The first kappa shape index (κ1) is 13.8. The summed E-state index contributed by atoms with van der Waals surface area (Å²) in [7, 11) is 0. The first-order valence-corrected chi connectivity index (χ1v) is 6.40. The second-order valence-electron chi connectivity index (χ2n) is 4.62. The standard InChI is InChI=1S/C13H18N2O4/c1-2-7-18-13-9(14)8-12(13)19-11-6-4-3-5-10(11)15(16)17/h3-6,9,12-13H,2,7-8,14H2,1H3. The quantitative estimate of drug-likeness (QED) is 0.627. The van der Waals surface area contributed by atoms with Crippen molar-refractivity contribution in [3.63, 3.8) is 0 Å². The van der Waals surface area contributed by atoms with E-state index in [9.17, 15) is 10.1 Å². The fraction of sp³-hybridized carbons (Fsp3) is 0.538. The van der Waals surface area contributed by atoms with Crippen LogP contribution in [-0.2, 0) is 4.74 Å². The smallest absolute Gasteiger partial charge is 0.310 e. The van der Waals surface area contributed by atoms with Gasteiger partial charge < -0.3 is 15.2 Å². The number of para-hydroxylation sites is 2. The van der Waals surface area contributed by atoms with Crippen LogP contribution in [0, 0.1) is 10.1 Å². The van der Waals surface area contributed by atoms with Gasteiger partial charge in [-0.15, -0.1) is 0 Å². The van der Waals surface area contributed by atoms with E-state index < -0.39 is 4.92 Å². The fourth-order valence-electron chi connectivity index (χ4n) is 2.09. The van der Waals surface area contributed by atoms with Crippen LogP contribution in [0.2, 0.25) is 0 Å². The molecule has 0 spiro atoms. The zero-order valence-corrected chi connectivity index (χ0v) is 10.8. The predicted molar refractivity (Wildman–Crippen MR) is 70.1 cm³/mol. The molecule has 0 radical (unpaired) electrons. The summed E-state index contributed by atoms with van der Waals surface area (Å²) in [6.45, 7) is 2.64. The summed E-state index contributed by atoms with van der Waals surface area (Å²) in [4.78, 5) is 10.4. The Labute approximate surface area is 111 Å². The Morgan fingerprint density at radius 2 is 2.21 bits per heavy atom. The molecule has 1 aliphatic carbocycles. The molecule has 1 saturated carbocycles. The lowest BCUT2D eigenvalue weighted by atomic mass is 9.86. The van der Waals surface area contributed by atoms with Crippen molar-refractivity contribution in [2.24, 2.45) is 5.73 Å². The van der Waals surface area contributed by atoms with Crippen LogP contribution in [0.5, 0.6) is 5.75 Å². The SMILES string of the molecule is CCCOC1C(N)CC1Oc1ccccc1[N+](=O)[O-]. The number of benzene rings is 1. The number of nitrogens with two attached hydrogens (primary N) is 1. The van der Waals surface area contributed by atoms with E-state index in [4.69, 9.17) is 15.2 Å². The van der Waals surface area contributed by atoms with Crippen LogP contribution < -0.4 is 10.5 Å². The molecule has 1 aliphatic rings. The topological polar surface area (TPSA) is 87.6 Å². The van der Waals surface area contributed by atoms with Gasteiger partial charge in [0.1, 0.15) is 12.2 Å². The van der Waals surface area contributed by atoms with Crippen LogP contribution in [-0.4, -0.2) is 29.8 Å². The summed E-state index contributed by atoms with van der Waals surface area (Å²) in [5, 5.41) is 10.9. The van der Waals surface area contributed by atoms with Crippen LogP contribution in [0.1, 0.15) is 19.8 Å². The van der Waals surface area contributed by atoms with Gasteiger partial charge in [0.05, 0.1) is 4.92 Å². The largest absolute Gasteiger partial charge is 0.481 e. The molecule has 0 bridgehead atoms. The Kier molecular flexibility index (Phi) is 4.34. The first-order valence-electron chi connectivity index (χ1n) is 6.40. The minimum Gasteiger partial charge on any atom is -0.481 e. The maximum atomic E-state index is 10.9. The van der Waals surface area contributed by atoms with Gasteiger partial charge in [-0.05, 0) is 12.5 Å². The maximum absolute atomic E-state index is 10.9. The molecule has 0 aliphatic heterocycles. The van der Waals surface area contributed by atoms with E-state index in [0.29, 0.717) is 13.0 Å². The molecule has 0 saturated heterocycles. The molecular weight excluding hydrogens is 248 g/mol. The molecule has 0 heterocycles. The summed E-state index contributed by atoms with van der Waals surface area (Å²) in [5.74, 6) is 0.273. The average molecular weight is 266 g/mol. The molecule has 0 aromatic heterocycles. The number of nitrogens with zero attached hydrogens (tertiary/aromatic N) is 1. The van der Waals surface area contributed by atoms with E-state index in [1.54, 1.807) is 18.2 Å². The lowest BCUT2D eigenvalue weighted by molar-refractivity contribution is -0.386. The summed E-state index contributed by atoms with van der Waals surface area (Å²) >= 11 is 0. The Morgan fingerprint density at radius 1 is 1.47 bits per heavy atom. The molecule has 2 N–H and O–H groups in total. The molecule has 2 rings (SSSR count). The second kappa shape index (κ2) is 5.99. The summed E-state index contributed by atoms with van der Waals surface area (Å²) in [5.41, 5.74) is 5.84. The molecular formula is C13H18N2O4. The van der Waals surface area contributed by atoms with Crippen LogP contribution >= 0.6 is 0 Å². The zero-order valence-electron chi connectivity index (χ0n) is 10.8. The second-order valence-corrected chi connectivity index (χ2v) is 4.62. The van der Waals surface area contributed by atoms with Crippen molar-refractivity contribution in [1.29, 1.82) is 0 Å². The highest BCUT2D eigenvalue weighted by molar-refractivity contribution is 5.46. The van der Waals surface area contributed by atoms with Crippen LogP contribution in [0.4, 0.5) is 5.69 Å². The van der Waals surface area contributed by atoms with E-state index in [2.05, 4.69) is 0 Å². The highest BCUT2D eigenvalue weighted by Crippen LogP contribution is 2.32. The van der Waals surface area contributed by atoms with Gasteiger partial charge in [0.15, 0.2) is 5.75 Å². The molecule has 19 heavy (non-hydrogen) atoms. The molecule has 1 aromatic rings. The van der Waals surface area contributed by atoms with Crippen molar-refractivity contribution in [2.45, 2.75) is 38.0 Å². The van der Waals surface area contributed by atoms with Gasteiger partial charge >= 0.3 is 5.69 Å². The van der Waals surface area contributed by atoms with Gasteiger partial charge in [0, 0.05) is 25.1 Å². The minimum atomic E-state index is -0.449. The third-order valence-corrected chi connectivity index (χ3v) is 3.15. The van der Waals surface area contributed by atoms with Gasteiger partial charge in [-0.2, -0.15) is 0 Å². The normalized spacial score (nSPS) is 25.7. The van der Waals surface area contributed by atoms with E-state index in [1.165, 1.54) is 6.07 Å². The van der Waals surface area contributed by atoms with Crippen molar-refractivity contribution in [2.75, 3.05) is 6.61 Å². The number of ether oxygens (including phenoxy) is 2. The van der Waals surface area contributed by atoms with Crippen LogP contribution in [0.3, 0.4) is 0 Å². The number of nitro groups is 1. The molecule has 1 fully saturated rings. The van der Waals surface area contributed by atoms with E-state index in [1.807, 2.05) is 6.92 Å². The molecule has 3 atom stereocenters. The van der Waals surface area contributed by atoms with E-state index in [0.717, 1.165) is 6.42 Å². The molecule has 6 nitrogen and oxygen atoms in total. The molecule has 6 heteroatoms. The molecule has 3 unspecified atom stereocenters. The minimum absolute atomic E-state index is 0.0304. The van der Waals surface area contributed by atoms with Gasteiger partial charge in [-0.3, -0.25) is 10.1 Å². The summed E-state index contributed by atoms with van der Waals surface area (Å²) in [6, 6.07) is 6.29. The Bertz CT molecular complexity index is 452. The van der Waals surface area contributed by atoms with Gasteiger partial charge in [0.25, 0.3) is 0 Å². The van der Waals surface area contributed by atoms with Crippen LogP contribution in [0.15, 0.2) is 24.3 Å². The average Bonchev–Trinajstić information content (AvgIpc) is 2.39. The zero-order chi connectivity index (χ0) is 13.8. The number of nitro benzene ring substituents is 1. The van der Waals surface area contributed by atoms with Crippen molar-refractivity contribution in [3.8, 4) is 5.75 Å². The Hall–Kier alpha value is -1.66. The van der Waals surface area contributed by atoms with E-state index >= 15 is 0 Å². The van der Waals surface area contributed by atoms with Gasteiger partial charge in [0.2, 0.25) is 0 Å². The lowest BCUT2D eigenvalue weighted by Crippen LogP contribution is -2.59. The fourth-order valence-corrected chi connectivity index (χ4v) is 2.09. The third-order valence-electron chi connectivity index (χ3n) is 3.15. The molecule has 0 amide bonds. The highest BCUT2D eigenvalue weighted by Gasteiger charge is 2.42. The summed E-state index contributed by atoms with van der Waals surface area (Å²) < 4.78 is 11.3. The van der Waals surface area contributed by atoms with Crippen molar-refractivity contribution >= 4 is 5.69 Å². The number of hydrogen-bond donors (Lipinski definition) is 1. The Balaban J connectivity index is 2.03. The number of rotatable bonds is 6. The first-order chi connectivity index (χ1) is 9.13. The lowest BCUT2D eigenvalue weighted by Gasteiger charge is -2.41. The third kappa shape index (κ3) is 3.02.